The standard InChI is InChI=1S/C39H77NO4/c1-3-5-7-9-11-13-15-16-17-18-19-20-21-23-25-27-29-31-33-38(43)37(35-41)40-39(44)34-36(42)32-30-28-26-24-22-14-12-10-8-6-4-2/h24,26,36-38,41-43H,3-23,25,27-35H2,1-2H3,(H,40,44)/b26-24-. The number of allylic oxidation sites excluding steroid dienone is 2. The summed E-state index contributed by atoms with van der Waals surface area (Å²) in [6, 6.07) is -0.662. The second-order valence-corrected chi connectivity index (χ2v) is 13.5. The summed E-state index contributed by atoms with van der Waals surface area (Å²) in [5.41, 5.74) is 0. The van der Waals surface area contributed by atoms with E-state index in [4.69, 9.17) is 0 Å². The van der Waals surface area contributed by atoms with Crippen molar-refractivity contribution < 1.29 is 20.1 Å². The normalized spacial score (nSPS) is 13.8. The fraction of sp³-hybridized carbons (Fsp3) is 0.923. The van der Waals surface area contributed by atoms with Gasteiger partial charge in [-0.25, -0.2) is 0 Å². The van der Waals surface area contributed by atoms with Crippen LogP contribution in [0.1, 0.15) is 206 Å². The summed E-state index contributed by atoms with van der Waals surface area (Å²) in [6.07, 6.45) is 38.8. The number of hydrogen-bond donors (Lipinski definition) is 4. The maximum atomic E-state index is 12.4. The van der Waals surface area contributed by atoms with Gasteiger partial charge in [0, 0.05) is 0 Å². The lowest BCUT2D eigenvalue weighted by molar-refractivity contribution is -0.125. The van der Waals surface area contributed by atoms with Gasteiger partial charge in [-0.3, -0.25) is 4.79 Å². The van der Waals surface area contributed by atoms with Crippen LogP contribution in [0, 0.1) is 0 Å². The number of nitrogens with one attached hydrogen (secondary N) is 1. The molecule has 1 amide bonds. The minimum Gasteiger partial charge on any atom is -0.394 e. The Kier molecular flexibility index (Phi) is 34.2. The lowest BCUT2D eigenvalue weighted by atomic mass is 10.0. The van der Waals surface area contributed by atoms with Crippen LogP contribution in [0.3, 0.4) is 0 Å². The van der Waals surface area contributed by atoms with Crippen LogP contribution < -0.4 is 5.32 Å². The molecule has 0 aliphatic carbocycles. The minimum absolute atomic E-state index is 0.0177. The summed E-state index contributed by atoms with van der Waals surface area (Å²) in [7, 11) is 0. The highest BCUT2D eigenvalue weighted by molar-refractivity contribution is 5.76. The van der Waals surface area contributed by atoms with Crippen molar-refractivity contribution in [3.8, 4) is 0 Å². The first-order valence-electron chi connectivity index (χ1n) is 19.5. The highest BCUT2D eigenvalue weighted by Crippen LogP contribution is 2.16. The van der Waals surface area contributed by atoms with Gasteiger partial charge in [0.2, 0.25) is 5.91 Å². The average molecular weight is 624 g/mol. The summed E-state index contributed by atoms with van der Waals surface area (Å²) in [6.45, 7) is 4.24. The quantitative estimate of drug-likeness (QED) is 0.0418. The topological polar surface area (TPSA) is 89.8 Å². The van der Waals surface area contributed by atoms with Crippen LogP contribution in [-0.4, -0.2) is 46.1 Å². The molecule has 3 unspecified atom stereocenters. The van der Waals surface area contributed by atoms with Gasteiger partial charge in [-0.05, 0) is 38.5 Å². The summed E-state index contributed by atoms with van der Waals surface area (Å²) in [5, 5.41) is 33.2. The first-order chi connectivity index (χ1) is 21.5. The van der Waals surface area contributed by atoms with Gasteiger partial charge >= 0.3 is 0 Å². The van der Waals surface area contributed by atoms with E-state index in [2.05, 4.69) is 31.3 Å². The van der Waals surface area contributed by atoms with E-state index in [9.17, 15) is 20.1 Å². The van der Waals surface area contributed by atoms with E-state index in [-0.39, 0.29) is 18.9 Å². The Balaban J connectivity index is 3.65. The Hall–Kier alpha value is -0.910. The number of rotatable bonds is 35. The minimum atomic E-state index is -0.751. The molecule has 0 heterocycles. The second kappa shape index (κ2) is 35.0. The average Bonchev–Trinajstić information content (AvgIpc) is 3.01. The van der Waals surface area contributed by atoms with Crippen molar-refractivity contribution >= 4 is 5.91 Å². The maximum absolute atomic E-state index is 12.4. The Morgan fingerprint density at radius 2 is 0.932 bits per heavy atom. The van der Waals surface area contributed by atoms with Crippen molar-refractivity contribution in [3.05, 3.63) is 12.2 Å². The highest BCUT2D eigenvalue weighted by Gasteiger charge is 2.21. The zero-order chi connectivity index (χ0) is 32.4. The Morgan fingerprint density at radius 3 is 1.36 bits per heavy atom. The van der Waals surface area contributed by atoms with Crippen LogP contribution >= 0.6 is 0 Å². The van der Waals surface area contributed by atoms with E-state index in [0.717, 1.165) is 32.1 Å². The fourth-order valence-corrected chi connectivity index (χ4v) is 6.05. The van der Waals surface area contributed by atoms with Crippen LogP contribution in [0.25, 0.3) is 0 Å². The predicted molar refractivity (Wildman–Crippen MR) is 190 cm³/mol. The molecule has 0 saturated heterocycles. The molecule has 5 heteroatoms. The molecule has 0 radical (unpaired) electrons. The number of unbranched alkanes of at least 4 members (excludes halogenated alkanes) is 24. The van der Waals surface area contributed by atoms with E-state index in [0.29, 0.717) is 12.8 Å². The zero-order valence-corrected chi connectivity index (χ0v) is 29.6. The lowest BCUT2D eigenvalue weighted by Gasteiger charge is -2.23. The summed E-state index contributed by atoms with van der Waals surface area (Å²) < 4.78 is 0. The second-order valence-electron chi connectivity index (χ2n) is 13.5. The lowest BCUT2D eigenvalue weighted by Crippen LogP contribution is -2.46. The Morgan fingerprint density at radius 1 is 0.545 bits per heavy atom. The molecule has 0 fully saturated rings. The molecule has 0 bridgehead atoms. The molecule has 0 aromatic rings. The number of hydrogen-bond acceptors (Lipinski definition) is 4. The van der Waals surface area contributed by atoms with E-state index in [1.54, 1.807) is 0 Å². The Bertz CT molecular complexity index is 611. The van der Waals surface area contributed by atoms with Gasteiger partial charge in [0.15, 0.2) is 0 Å². The predicted octanol–water partition coefficient (Wildman–Crippen LogP) is 10.5. The van der Waals surface area contributed by atoms with E-state index in [1.165, 1.54) is 141 Å². The van der Waals surface area contributed by atoms with Crippen molar-refractivity contribution in [1.29, 1.82) is 0 Å². The molecule has 4 N–H and O–H groups in total. The molecule has 5 nitrogen and oxygen atoms in total. The van der Waals surface area contributed by atoms with Gasteiger partial charge in [0.05, 0.1) is 31.3 Å². The molecule has 0 aromatic heterocycles. The molecule has 44 heavy (non-hydrogen) atoms. The number of carbonyl (C=O) groups excluding carboxylic acids is 1. The van der Waals surface area contributed by atoms with Crippen molar-refractivity contribution in [2.45, 2.75) is 225 Å². The van der Waals surface area contributed by atoms with Crippen molar-refractivity contribution in [1.82, 2.24) is 5.32 Å². The molecule has 0 aliphatic heterocycles. The molecule has 0 spiro atoms. The van der Waals surface area contributed by atoms with Crippen molar-refractivity contribution in [2.24, 2.45) is 0 Å². The highest BCUT2D eigenvalue weighted by atomic mass is 16.3. The smallest absolute Gasteiger partial charge is 0.222 e. The summed E-state index contributed by atoms with van der Waals surface area (Å²) >= 11 is 0. The van der Waals surface area contributed by atoms with Crippen LogP contribution in [0.15, 0.2) is 12.2 Å². The number of amides is 1. The molecule has 3 atom stereocenters. The third kappa shape index (κ3) is 31.1. The van der Waals surface area contributed by atoms with Crippen molar-refractivity contribution in [2.75, 3.05) is 6.61 Å². The third-order valence-corrected chi connectivity index (χ3v) is 9.08. The van der Waals surface area contributed by atoms with Crippen molar-refractivity contribution in [3.63, 3.8) is 0 Å². The van der Waals surface area contributed by atoms with Gasteiger partial charge in [-0.15, -0.1) is 0 Å². The third-order valence-electron chi connectivity index (χ3n) is 9.08. The molecule has 0 rings (SSSR count). The number of aliphatic hydroxyl groups is 3. The monoisotopic (exact) mass is 624 g/mol. The van der Waals surface area contributed by atoms with Gasteiger partial charge in [-0.1, -0.05) is 174 Å². The molecular weight excluding hydrogens is 546 g/mol. The van der Waals surface area contributed by atoms with E-state index < -0.39 is 18.2 Å². The molecule has 0 aromatic carbocycles. The van der Waals surface area contributed by atoms with Crippen LogP contribution in [0.5, 0.6) is 0 Å². The van der Waals surface area contributed by atoms with E-state index >= 15 is 0 Å². The molecule has 0 aliphatic rings. The van der Waals surface area contributed by atoms with Gasteiger partial charge < -0.3 is 20.6 Å². The summed E-state index contributed by atoms with van der Waals surface area (Å²) in [5.74, 6) is -0.299. The molecular formula is C39H77NO4. The first kappa shape index (κ1) is 43.1. The molecule has 0 saturated carbocycles. The SMILES string of the molecule is CCCCCCCC/C=C\CCCC(O)CC(=O)NC(CO)C(O)CCCCCCCCCCCCCCCCCCCC. The maximum Gasteiger partial charge on any atom is 0.222 e. The van der Waals surface area contributed by atoms with E-state index in [1.807, 2.05) is 0 Å². The van der Waals surface area contributed by atoms with Gasteiger partial charge in [0.25, 0.3) is 0 Å². The van der Waals surface area contributed by atoms with Crippen LogP contribution in [0.2, 0.25) is 0 Å². The van der Waals surface area contributed by atoms with Gasteiger partial charge in [-0.2, -0.15) is 0 Å². The number of aliphatic hydroxyl groups excluding tert-OH is 3. The van der Waals surface area contributed by atoms with Crippen LogP contribution in [0.4, 0.5) is 0 Å². The zero-order valence-electron chi connectivity index (χ0n) is 29.6. The number of carbonyl (C=O) groups is 1. The Labute approximate surface area is 274 Å². The largest absolute Gasteiger partial charge is 0.394 e. The first-order valence-corrected chi connectivity index (χ1v) is 19.5. The molecule has 262 valence electrons. The van der Waals surface area contributed by atoms with Crippen LogP contribution in [-0.2, 0) is 4.79 Å². The fourth-order valence-electron chi connectivity index (χ4n) is 6.05. The summed E-state index contributed by atoms with van der Waals surface area (Å²) in [4.78, 5) is 12.4. The van der Waals surface area contributed by atoms with Gasteiger partial charge in [0.1, 0.15) is 0 Å².